The molecule has 3 heteroatoms. The van der Waals surface area contributed by atoms with Crippen molar-refractivity contribution in [1.82, 2.24) is 4.90 Å². The van der Waals surface area contributed by atoms with Crippen molar-refractivity contribution < 1.29 is 4.79 Å². The van der Waals surface area contributed by atoms with Gasteiger partial charge in [0.05, 0.1) is 5.92 Å². The lowest BCUT2D eigenvalue weighted by atomic mass is 9.97. The molecule has 2 saturated heterocycles. The minimum atomic E-state index is 0.192. The number of nitrogens with one attached hydrogen (secondary N) is 1. The SMILES string of the molecule is O=C(Nc1ccccc1)C1CCN2CCCC12. The van der Waals surface area contributed by atoms with Gasteiger partial charge in [0.2, 0.25) is 5.91 Å². The minimum absolute atomic E-state index is 0.192. The third kappa shape index (κ3) is 2.07. The van der Waals surface area contributed by atoms with E-state index in [9.17, 15) is 4.79 Å². The maximum Gasteiger partial charge on any atom is 0.229 e. The van der Waals surface area contributed by atoms with Crippen LogP contribution in [0.15, 0.2) is 30.3 Å². The first-order chi connectivity index (χ1) is 8.34. The van der Waals surface area contributed by atoms with Crippen molar-refractivity contribution in [1.29, 1.82) is 0 Å². The number of carbonyl (C=O) groups excluding carboxylic acids is 1. The molecule has 0 spiro atoms. The van der Waals surface area contributed by atoms with Crippen LogP contribution >= 0.6 is 0 Å². The van der Waals surface area contributed by atoms with Gasteiger partial charge in [-0.15, -0.1) is 0 Å². The Kier molecular flexibility index (Phi) is 2.85. The molecule has 2 atom stereocenters. The molecule has 1 N–H and O–H groups in total. The van der Waals surface area contributed by atoms with Crippen LogP contribution in [0.3, 0.4) is 0 Å². The van der Waals surface area contributed by atoms with Gasteiger partial charge in [-0.3, -0.25) is 9.69 Å². The molecule has 0 aromatic heterocycles. The summed E-state index contributed by atoms with van der Waals surface area (Å²) in [5.41, 5.74) is 0.911. The average Bonchev–Trinajstić information content (AvgIpc) is 2.91. The number of para-hydroxylation sites is 1. The molecule has 90 valence electrons. The lowest BCUT2D eigenvalue weighted by molar-refractivity contribution is -0.120. The molecule has 2 aliphatic heterocycles. The van der Waals surface area contributed by atoms with Crippen molar-refractivity contribution in [3.05, 3.63) is 30.3 Å². The zero-order chi connectivity index (χ0) is 11.7. The smallest absolute Gasteiger partial charge is 0.229 e. The topological polar surface area (TPSA) is 32.3 Å². The van der Waals surface area contributed by atoms with Crippen LogP contribution in [-0.2, 0) is 4.79 Å². The number of hydrogen-bond donors (Lipinski definition) is 1. The normalized spacial score (nSPS) is 28.0. The molecule has 1 amide bonds. The third-order valence-electron chi connectivity index (χ3n) is 3.98. The summed E-state index contributed by atoms with van der Waals surface area (Å²) in [7, 11) is 0. The molecule has 0 radical (unpaired) electrons. The number of amides is 1. The first-order valence-electron chi connectivity index (χ1n) is 6.44. The first-order valence-corrected chi connectivity index (χ1v) is 6.44. The number of anilines is 1. The highest BCUT2D eigenvalue weighted by Gasteiger charge is 2.40. The highest BCUT2D eigenvalue weighted by Crippen LogP contribution is 2.33. The molecule has 2 heterocycles. The van der Waals surface area contributed by atoms with Gasteiger partial charge in [-0.05, 0) is 44.5 Å². The Hall–Kier alpha value is -1.35. The molecule has 1 aromatic carbocycles. The minimum Gasteiger partial charge on any atom is -0.326 e. The Morgan fingerprint density at radius 1 is 1.18 bits per heavy atom. The van der Waals surface area contributed by atoms with Crippen LogP contribution in [0, 0.1) is 5.92 Å². The summed E-state index contributed by atoms with van der Waals surface area (Å²) >= 11 is 0. The van der Waals surface area contributed by atoms with Gasteiger partial charge in [0.25, 0.3) is 0 Å². The fourth-order valence-electron chi connectivity index (χ4n) is 3.14. The molecule has 3 rings (SSSR count). The Morgan fingerprint density at radius 2 is 2.00 bits per heavy atom. The molecule has 0 aliphatic carbocycles. The molecule has 0 saturated carbocycles. The van der Waals surface area contributed by atoms with Crippen molar-refractivity contribution in [2.24, 2.45) is 5.92 Å². The van der Waals surface area contributed by atoms with E-state index >= 15 is 0 Å². The Morgan fingerprint density at radius 3 is 2.82 bits per heavy atom. The largest absolute Gasteiger partial charge is 0.326 e. The second-order valence-corrected chi connectivity index (χ2v) is 5.00. The Balaban J connectivity index is 1.67. The third-order valence-corrected chi connectivity index (χ3v) is 3.98. The van der Waals surface area contributed by atoms with Gasteiger partial charge in [0, 0.05) is 11.7 Å². The van der Waals surface area contributed by atoms with Gasteiger partial charge < -0.3 is 5.32 Å². The average molecular weight is 230 g/mol. The van der Waals surface area contributed by atoms with E-state index in [2.05, 4.69) is 10.2 Å². The van der Waals surface area contributed by atoms with E-state index in [-0.39, 0.29) is 11.8 Å². The van der Waals surface area contributed by atoms with E-state index in [4.69, 9.17) is 0 Å². The number of fused-ring (bicyclic) bond motifs is 1. The summed E-state index contributed by atoms with van der Waals surface area (Å²) in [6, 6.07) is 10.2. The molecule has 1 aromatic rings. The molecule has 17 heavy (non-hydrogen) atoms. The van der Waals surface area contributed by atoms with Crippen LogP contribution in [-0.4, -0.2) is 29.9 Å². The van der Waals surface area contributed by atoms with Gasteiger partial charge in [0.15, 0.2) is 0 Å². The van der Waals surface area contributed by atoms with Crippen LogP contribution < -0.4 is 5.32 Å². The van der Waals surface area contributed by atoms with Gasteiger partial charge in [0.1, 0.15) is 0 Å². The molecular weight excluding hydrogens is 212 g/mol. The maximum absolute atomic E-state index is 12.2. The van der Waals surface area contributed by atoms with Gasteiger partial charge in [-0.1, -0.05) is 18.2 Å². The number of rotatable bonds is 2. The quantitative estimate of drug-likeness (QED) is 0.844. The van der Waals surface area contributed by atoms with Gasteiger partial charge in [-0.25, -0.2) is 0 Å². The Bertz CT molecular complexity index is 404. The van der Waals surface area contributed by atoms with Crippen molar-refractivity contribution in [3.8, 4) is 0 Å². The summed E-state index contributed by atoms with van der Waals surface area (Å²) in [6.07, 6.45) is 3.45. The van der Waals surface area contributed by atoms with Crippen molar-refractivity contribution in [2.75, 3.05) is 18.4 Å². The first kappa shape index (κ1) is 10.8. The van der Waals surface area contributed by atoms with E-state index in [0.29, 0.717) is 6.04 Å². The van der Waals surface area contributed by atoms with E-state index < -0.39 is 0 Å². The van der Waals surface area contributed by atoms with Crippen LogP contribution in [0.1, 0.15) is 19.3 Å². The van der Waals surface area contributed by atoms with E-state index in [1.807, 2.05) is 30.3 Å². The zero-order valence-corrected chi connectivity index (χ0v) is 9.93. The second kappa shape index (κ2) is 4.49. The molecule has 0 bridgehead atoms. The van der Waals surface area contributed by atoms with Crippen LogP contribution in [0.25, 0.3) is 0 Å². The van der Waals surface area contributed by atoms with Crippen molar-refractivity contribution in [3.63, 3.8) is 0 Å². The predicted molar refractivity (Wildman–Crippen MR) is 67.8 cm³/mol. The van der Waals surface area contributed by atoms with E-state index in [1.165, 1.54) is 19.4 Å². The highest BCUT2D eigenvalue weighted by molar-refractivity contribution is 5.93. The molecule has 3 nitrogen and oxygen atoms in total. The van der Waals surface area contributed by atoms with Crippen LogP contribution in [0.2, 0.25) is 0 Å². The monoisotopic (exact) mass is 230 g/mol. The van der Waals surface area contributed by atoms with Crippen LogP contribution in [0.4, 0.5) is 5.69 Å². The number of carbonyl (C=O) groups is 1. The van der Waals surface area contributed by atoms with E-state index in [1.54, 1.807) is 0 Å². The molecule has 2 aliphatic rings. The van der Waals surface area contributed by atoms with Crippen LogP contribution in [0.5, 0.6) is 0 Å². The van der Waals surface area contributed by atoms with Gasteiger partial charge in [-0.2, -0.15) is 0 Å². The fourth-order valence-corrected chi connectivity index (χ4v) is 3.14. The van der Waals surface area contributed by atoms with Crippen molar-refractivity contribution >= 4 is 11.6 Å². The summed E-state index contributed by atoms with van der Waals surface area (Å²) in [5.74, 6) is 0.392. The molecular formula is C14H18N2O. The fraction of sp³-hybridized carbons (Fsp3) is 0.500. The molecule has 2 unspecified atom stereocenters. The van der Waals surface area contributed by atoms with Gasteiger partial charge >= 0.3 is 0 Å². The summed E-state index contributed by atoms with van der Waals surface area (Å²) in [5, 5.41) is 3.03. The zero-order valence-electron chi connectivity index (χ0n) is 9.93. The predicted octanol–water partition coefficient (Wildman–Crippen LogP) is 2.11. The lowest BCUT2D eigenvalue weighted by Gasteiger charge is -2.19. The maximum atomic E-state index is 12.2. The Labute approximate surface area is 102 Å². The van der Waals surface area contributed by atoms with E-state index in [0.717, 1.165) is 18.7 Å². The lowest BCUT2D eigenvalue weighted by Crippen LogP contribution is -2.33. The summed E-state index contributed by atoms with van der Waals surface area (Å²) < 4.78 is 0. The molecule has 2 fully saturated rings. The van der Waals surface area contributed by atoms with Crippen molar-refractivity contribution in [2.45, 2.75) is 25.3 Å². The second-order valence-electron chi connectivity index (χ2n) is 5.00. The standard InChI is InChI=1S/C14H18N2O/c17-14(15-11-5-2-1-3-6-11)12-8-10-16-9-4-7-13(12)16/h1-3,5-6,12-13H,4,7-10H2,(H,15,17). The number of nitrogens with zero attached hydrogens (tertiary/aromatic N) is 1. The number of hydrogen-bond acceptors (Lipinski definition) is 2. The highest BCUT2D eigenvalue weighted by atomic mass is 16.2. The number of benzene rings is 1. The summed E-state index contributed by atoms with van der Waals surface area (Å²) in [6.45, 7) is 2.28. The summed E-state index contributed by atoms with van der Waals surface area (Å²) in [4.78, 5) is 14.7.